The Morgan fingerprint density at radius 2 is 1.70 bits per heavy atom. The zero-order valence-electron chi connectivity index (χ0n) is 12.0. The fraction of sp³-hybridized carbons (Fsp3) is 0.500. The van der Waals surface area contributed by atoms with Crippen molar-refractivity contribution in [2.45, 2.75) is 39.0 Å². The average Bonchev–Trinajstić information content (AvgIpc) is 2.35. The van der Waals surface area contributed by atoms with Gasteiger partial charge in [-0.2, -0.15) is 4.31 Å². The Hall–Kier alpha value is -1.40. The molecule has 0 aliphatic rings. The van der Waals surface area contributed by atoms with E-state index in [0.29, 0.717) is 5.56 Å². The summed E-state index contributed by atoms with van der Waals surface area (Å²) in [6, 6.07) is 6.94. The molecule has 1 aromatic rings. The second kappa shape index (κ2) is 6.85. The molecular formula is C14H21NO4S. The molecule has 0 aliphatic heterocycles. The van der Waals surface area contributed by atoms with Crippen molar-refractivity contribution in [2.24, 2.45) is 0 Å². The number of aliphatic carboxylic acids is 1. The molecule has 0 aliphatic carbocycles. The minimum atomic E-state index is -3.64. The van der Waals surface area contributed by atoms with Crippen LogP contribution in [-0.4, -0.2) is 36.4 Å². The van der Waals surface area contributed by atoms with Gasteiger partial charge in [-0.05, 0) is 31.4 Å². The van der Waals surface area contributed by atoms with E-state index in [1.54, 1.807) is 26.0 Å². The Bertz CT molecular complexity index is 549. The lowest BCUT2D eigenvalue weighted by Crippen LogP contribution is -2.41. The van der Waals surface area contributed by atoms with E-state index in [0.717, 1.165) is 16.3 Å². The van der Waals surface area contributed by atoms with Gasteiger partial charge in [-0.3, -0.25) is 4.79 Å². The number of benzene rings is 1. The Balaban J connectivity index is 2.93. The highest BCUT2D eigenvalue weighted by atomic mass is 32.2. The van der Waals surface area contributed by atoms with Crippen LogP contribution in [-0.2, 0) is 27.0 Å². The van der Waals surface area contributed by atoms with Gasteiger partial charge in [0, 0.05) is 6.04 Å². The molecule has 0 unspecified atom stereocenters. The van der Waals surface area contributed by atoms with E-state index >= 15 is 0 Å². The molecule has 1 N–H and O–H groups in total. The monoisotopic (exact) mass is 299 g/mol. The Labute approximate surface area is 120 Å². The SMILES string of the molecule is CCc1ccc(CS(=O)(=O)N(CC(=O)O)C(C)C)cc1. The maximum atomic E-state index is 12.3. The molecule has 5 nitrogen and oxygen atoms in total. The molecule has 0 bridgehead atoms. The summed E-state index contributed by atoms with van der Waals surface area (Å²) >= 11 is 0. The van der Waals surface area contributed by atoms with Gasteiger partial charge in [0.2, 0.25) is 10.0 Å². The Morgan fingerprint density at radius 1 is 1.20 bits per heavy atom. The first-order valence-corrected chi connectivity index (χ1v) is 8.16. The van der Waals surface area contributed by atoms with Gasteiger partial charge in [-0.15, -0.1) is 0 Å². The van der Waals surface area contributed by atoms with Crippen LogP contribution in [0, 0.1) is 0 Å². The van der Waals surface area contributed by atoms with Crippen molar-refractivity contribution in [3.63, 3.8) is 0 Å². The van der Waals surface area contributed by atoms with Gasteiger partial charge in [0.1, 0.15) is 6.54 Å². The molecule has 0 spiro atoms. The summed E-state index contributed by atoms with van der Waals surface area (Å²) in [7, 11) is -3.64. The lowest BCUT2D eigenvalue weighted by molar-refractivity contribution is -0.137. The van der Waals surface area contributed by atoms with Crippen LogP contribution in [0.2, 0.25) is 0 Å². The number of aryl methyl sites for hydroxylation is 1. The van der Waals surface area contributed by atoms with Crippen molar-refractivity contribution >= 4 is 16.0 Å². The molecule has 0 saturated heterocycles. The highest BCUT2D eigenvalue weighted by Gasteiger charge is 2.27. The normalized spacial score (nSPS) is 12.1. The number of sulfonamides is 1. The number of hydrogen-bond donors (Lipinski definition) is 1. The summed E-state index contributed by atoms with van der Waals surface area (Å²) in [5.74, 6) is -1.33. The maximum Gasteiger partial charge on any atom is 0.318 e. The standard InChI is InChI=1S/C14H21NO4S/c1-4-12-5-7-13(8-6-12)10-20(18,19)15(11(2)3)9-14(16)17/h5-8,11H,4,9-10H2,1-3H3,(H,16,17). The Kier molecular flexibility index (Phi) is 5.71. The summed E-state index contributed by atoms with van der Waals surface area (Å²) in [5, 5.41) is 8.82. The molecule has 6 heteroatoms. The first-order valence-electron chi connectivity index (χ1n) is 6.55. The minimum absolute atomic E-state index is 0.178. The molecule has 0 atom stereocenters. The molecule has 0 saturated carbocycles. The van der Waals surface area contributed by atoms with Crippen LogP contribution in [0.15, 0.2) is 24.3 Å². The van der Waals surface area contributed by atoms with Gasteiger partial charge in [0.15, 0.2) is 0 Å². The highest BCUT2D eigenvalue weighted by Crippen LogP contribution is 2.15. The first-order chi connectivity index (χ1) is 9.26. The van der Waals surface area contributed by atoms with Crippen molar-refractivity contribution < 1.29 is 18.3 Å². The molecule has 1 aromatic carbocycles. The first kappa shape index (κ1) is 16.7. The number of rotatable bonds is 7. The van der Waals surface area contributed by atoms with Gasteiger partial charge < -0.3 is 5.11 Å². The molecule has 0 radical (unpaired) electrons. The molecule has 0 fully saturated rings. The van der Waals surface area contributed by atoms with E-state index in [1.165, 1.54) is 0 Å². The summed E-state index contributed by atoms with van der Waals surface area (Å²) in [4.78, 5) is 10.8. The Morgan fingerprint density at radius 3 is 2.10 bits per heavy atom. The van der Waals surface area contributed by atoms with Crippen LogP contribution in [0.3, 0.4) is 0 Å². The predicted octanol–water partition coefficient (Wildman–Crippen LogP) is 1.87. The highest BCUT2D eigenvalue weighted by molar-refractivity contribution is 7.88. The summed E-state index contributed by atoms with van der Waals surface area (Å²) in [6.07, 6.45) is 0.893. The summed E-state index contributed by atoms with van der Waals surface area (Å²) in [6.45, 7) is 4.85. The van der Waals surface area contributed by atoms with Gasteiger partial charge in [0.25, 0.3) is 0 Å². The van der Waals surface area contributed by atoms with Crippen LogP contribution in [0.25, 0.3) is 0 Å². The van der Waals surface area contributed by atoms with Crippen molar-refractivity contribution in [2.75, 3.05) is 6.54 Å². The molecule has 20 heavy (non-hydrogen) atoms. The van der Waals surface area contributed by atoms with Crippen molar-refractivity contribution in [3.8, 4) is 0 Å². The number of nitrogens with zero attached hydrogens (tertiary/aromatic N) is 1. The van der Waals surface area contributed by atoms with Crippen LogP contribution in [0.5, 0.6) is 0 Å². The summed E-state index contributed by atoms with van der Waals surface area (Å²) in [5.41, 5.74) is 1.80. The maximum absolute atomic E-state index is 12.3. The molecule has 0 amide bonds. The lowest BCUT2D eigenvalue weighted by atomic mass is 10.1. The van der Waals surface area contributed by atoms with E-state index in [4.69, 9.17) is 5.11 Å². The topological polar surface area (TPSA) is 74.7 Å². The molecule has 112 valence electrons. The van der Waals surface area contributed by atoms with Crippen molar-refractivity contribution in [3.05, 3.63) is 35.4 Å². The van der Waals surface area contributed by atoms with Crippen LogP contribution >= 0.6 is 0 Å². The average molecular weight is 299 g/mol. The third-order valence-corrected chi connectivity index (χ3v) is 4.97. The second-order valence-electron chi connectivity index (χ2n) is 4.96. The van der Waals surface area contributed by atoms with E-state index in [9.17, 15) is 13.2 Å². The van der Waals surface area contributed by atoms with E-state index in [-0.39, 0.29) is 11.8 Å². The van der Waals surface area contributed by atoms with Gasteiger partial charge >= 0.3 is 5.97 Å². The lowest BCUT2D eigenvalue weighted by Gasteiger charge is -2.24. The zero-order chi connectivity index (χ0) is 15.3. The summed E-state index contributed by atoms with van der Waals surface area (Å²) < 4.78 is 25.6. The fourth-order valence-electron chi connectivity index (χ4n) is 1.90. The smallest absolute Gasteiger partial charge is 0.318 e. The zero-order valence-corrected chi connectivity index (χ0v) is 12.9. The quantitative estimate of drug-likeness (QED) is 0.834. The van der Waals surface area contributed by atoms with Gasteiger partial charge in [-0.25, -0.2) is 8.42 Å². The number of carboxylic acid groups (broad SMARTS) is 1. The molecule has 1 rings (SSSR count). The third-order valence-electron chi connectivity index (χ3n) is 3.00. The fourth-order valence-corrected chi connectivity index (χ4v) is 3.63. The van der Waals surface area contributed by atoms with Crippen LogP contribution < -0.4 is 0 Å². The van der Waals surface area contributed by atoms with Crippen molar-refractivity contribution in [1.82, 2.24) is 4.31 Å². The molecular weight excluding hydrogens is 278 g/mol. The molecule has 0 aromatic heterocycles. The third kappa shape index (κ3) is 4.61. The second-order valence-corrected chi connectivity index (χ2v) is 6.88. The van der Waals surface area contributed by atoms with Crippen LogP contribution in [0.1, 0.15) is 31.9 Å². The number of carbonyl (C=O) groups is 1. The van der Waals surface area contributed by atoms with Crippen molar-refractivity contribution in [1.29, 1.82) is 0 Å². The number of hydrogen-bond acceptors (Lipinski definition) is 3. The number of carboxylic acids is 1. The van der Waals surface area contributed by atoms with E-state index in [2.05, 4.69) is 0 Å². The van der Waals surface area contributed by atoms with E-state index < -0.39 is 22.5 Å². The van der Waals surface area contributed by atoms with E-state index in [1.807, 2.05) is 19.1 Å². The van der Waals surface area contributed by atoms with Crippen LogP contribution in [0.4, 0.5) is 0 Å². The van der Waals surface area contributed by atoms with Gasteiger partial charge in [0.05, 0.1) is 5.75 Å². The largest absolute Gasteiger partial charge is 0.480 e. The predicted molar refractivity (Wildman–Crippen MR) is 77.9 cm³/mol. The minimum Gasteiger partial charge on any atom is -0.480 e. The van der Waals surface area contributed by atoms with Gasteiger partial charge in [-0.1, -0.05) is 31.2 Å². The molecule has 0 heterocycles.